The number of halogens is 1. The largest absolute Gasteiger partial charge is 0.444 e. The molecule has 4 amide bonds. The van der Waals surface area contributed by atoms with Gasteiger partial charge in [-0.1, -0.05) is 18.2 Å². The molecule has 11 heteroatoms. The molecule has 218 valence electrons. The van der Waals surface area contributed by atoms with Crippen molar-refractivity contribution in [1.82, 2.24) is 20.5 Å². The number of rotatable bonds is 8. The standard InChI is InChI=1S/C30H36FN5O5/c1-30(2,3)41-29(40)33-18-26(37)36-14-12-19(13-15-36)27(38)35-25(28(39)34-22-10-8-21(31)9-11-22)16-20-17-32-24-7-5-4-6-23(20)24/h4-11,17,19,25,32H,12-16,18H2,1-3H3,(H,33,40)(H,34,39)(H,35,38)/t25-/m0/s1. The maximum atomic E-state index is 13.4. The van der Waals surface area contributed by atoms with Crippen molar-refractivity contribution in [2.45, 2.75) is 51.7 Å². The molecule has 0 spiro atoms. The number of anilines is 1. The Morgan fingerprint density at radius 2 is 1.73 bits per heavy atom. The Bertz CT molecular complexity index is 1390. The van der Waals surface area contributed by atoms with Crippen LogP contribution in [0, 0.1) is 11.7 Å². The first-order chi connectivity index (χ1) is 19.5. The van der Waals surface area contributed by atoms with Crippen molar-refractivity contribution >= 4 is 40.4 Å². The number of ether oxygens (including phenoxy) is 1. The van der Waals surface area contributed by atoms with Crippen LogP contribution in [0.15, 0.2) is 54.7 Å². The second kappa shape index (κ2) is 12.8. The zero-order valence-electron chi connectivity index (χ0n) is 23.5. The van der Waals surface area contributed by atoms with Crippen molar-refractivity contribution in [3.63, 3.8) is 0 Å². The van der Waals surface area contributed by atoms with E-state index in [0.29, 0.717) is 31.6 Å². The topological polar surface area (TPSA) is 133 Å². The van der Waals surface area contributed by atoms with Crippen molar-refractivity contribution in [3.8, 4) is 0 Å². The van der Waals surface area contributed by atoms with E-state index in [1.807, 2.05) is 30.5 Å². The number of aromatic nitrogens is 1. The molecule has 0 saturated carbocycles. The number of benzene rings is 2. The van der Waals surface area contributed by atoms with Gasteiger partial charge in [0.1, 0.15) is 24.0 Å². The molecule has 0 bridgehead atoms. The van der Waals surface area contributed by atoms with Gasteiger partial charge in [0.15, 0.2) is 0 Å². The van der Waals surface area contributed by atoms with E-state index in [0.717, 1.165) is 16.5 Å². The van der Waals surface area contributed by atoms with E-state index in [2.05, 4.69) is 20.9 Å². The number of carbonyl (C=O) groups is 4. The molecule has 0 radical (unpaired) electrons. The highest BCUT2D eigenvalue weighted by atomic mass is 19.1. The average Bonchev–Trinajstić information content (AvgIpc) is 3.34. The molecule has 1 aliphatic heterocycles. The van der Waals surface area contributed by atoms with Gasteiger partial charge in [0.05, 0.1) is 0 Å². The number of piperidine rings is 1. The fourth-order valence-corrected chi connectivity index (χ4v) is 4.75. The van der Waals surface area contributed by atoms with Crippen molar-refractivity contribution in [3.05, 3.63) is 66.1 Å². The molecule has 0 unspecified atom stereocenters. The SMILES string of the molecule is CC(C)(C)OC(=O)NCC(=O)N1CCC(C(=O)N[C@@H](Cc2c[nH]c3ccccc23)C(=O)Nc2ccc(F)cc2)CC1. The summed E-state index contributed by atoms with van der Waals surface area (Å²) >= 11 is 0. The van der Waals surface area contributed by atoms with Crippen molar-refractivity contribution in [1.29, 1.82) is 0 Å². The normalized spacial score (nSPS) is 14.8. The third-order valence-electron chi connectivity index (χ3n) is 6.84. The zero-order valence-corrected chi connectivity index (χ0v) is 23.5. The minimum atomic E-state index is -0.885. The molecule has 1 atom stereocenters. The molecule has 1 saturated heterocycles. The number of aromatic amines is 1. The van der Waals surface area contributed by atoms with E-state index in [9.17, 15) is 23.6 Å². The second-order valence-corrected chi connectivity index (χ2v) is 11.1. The number of H-pyrrole nitrogens is 1. The lowest BCUT2D eigenvalue weighted by Gasteiger charge is -2.32. The number of carbonyl (C=O) groups excluding carboxylic acids is 4. The van der Waals surface area contributed by atoms with E-state index < -0.39 is 29.5 Å². The molecule has 1 fully saturated rings. The van der Waals surface area contributed by atoms with E-state index in [4.69, 9.17) is 4.74 Å². The Kier molecular flexibility index (Phi) is 9.26. The molecule has 1 aliphatic rings. The molecular formula is C30H36FN5O5. The van der Waals surface area contributed by atoms with E-state index >= 15 is 0 Å². The van der Waals surface area contributed by atoms with Crippen LogP contribution in [-0.2, 0) is 25.5 Å². The lowest BCUT2D eigenvalue weighted by atomic mass is 9.94. The van der Waals surface area contributed by atoms with Gasteiger partial charge in [0.2, 0.25) is 17.7 Å². The Morgan fingerprint density at radius 3 is 2.41 bits per heavy atom. The first-order valence-electron chi connectivity index (χ1n) is 13.6. The van der Waals surface area contributed by atoms with Gasteiger partial charge in [-0.25, -0.2) is 9.18 Å². The van der Waals surface area contributed by atoms with Gasteiger partial charge in [0, 0.05) is 48.2 Å². The first-order valence-corrected chi connectivity index (χ1v) is 13.6. The second-order valence-electron chi connectivity index (χ2n) is 11.1. The van der Waals surface area contributed by atoms with Gasteiger partial charge in [-0.15, -0.1) is 0 Å². The minimum Gasteiger partial charge on any atom is -0.444 e. The third-order valence-corrected chi connectivity index (χ3v) is 6.84. The summed E-state index contributed by atoms with van der Waals surface area (Å²) in [7, 11) is 0. The number of nitrogens with one attached hydrogen (secondary N) is 4. The highest BCUT2D eigenvalue weighted by Crippen LogP contribution is 2.22. The highest BCUT2D eigenvalue weighted by molar-refractivity contribution is 5.98. The maximum Gasteiger partial charge on any atom is 0.408 e. The quantitative estimate of drug-likeness (QED) is 0.330. The summed E-state index contributed by atoms with van der Waals surface area (Å²) in [5.74, 6) is -1.76. The molecule has 10 nitrogen and oxygen atoms in total. The lowest BCUT2D eigenvalue weighted by molar-refractivity contribution is -0.135. The smallest absolute Gasteiger partial charge is 0.408 e. The summed E-state index contributed by atoms with van der Waals surface area (Å²) < 4.78 is 18.5. The third kappa shape index (κ3) is 8.29. The number of alkyl carbamates (subject to hydrolysis) is 1. The predicted octanol–water partition coefficient (Wildman–Crippen LogP) is 3.74. The average molecular weight is 566 g/mol. The minimum absolute atomic E-state index is 0.192. The molecule has 4 rings (SSSR count). The summed E-state index contributed by atoms with van der Waals surface area (Å²) in [5, 5.41) is 9.10. The van der Waals surface area contributed by atoms with Gasteiger partial charge in [-0.2, -0.15) is 0 Å². The van der Waals surface area contributed by atoms with Crippen LogP contribution in [0.5, 0.6) is 0 Å². The number of hydrogen-bond donors (Lipinski definition) is 4. The van der Waals surface area contributed by atoms with Crippen LogP contribution in [0.25, 0.3) is 10.9 Å². The molecule has 3 aromatic rings. The highest BCUT2D eigenvalue weighted by Gasteiger charge is 2.31. The van der Waals surface area contributed by atoms with Crippen LogP contribution in [-0.4, -0.2) is 65.0 Å². The van der Waals surface area contributed by atoms with Crippen LogP contribution >= 0.6 is 0 Å². The maximum absolute atomic E-state index is 13.4. The molecule has 4 N–H and O–H groups in total. The predicted molar refractivity (Wildman–Crippen MR) is 153 cm³/mol. The van der Waals surface area contributed by atoms with Crippen molar-refractivity contribution < 1.29 is 28.3 Å². The number of nitrogens with zero attached hydrogens (tertiary/aromatic N) is 1. The van der Waals surface area contributed by atoms with Crippen LogP contribution < -0.4 is 16.0 Å². The molecular weight excluding hydrogens is 529 g/mol. The Labute approximate surface area is 238 Å². The van der Waals surface area contributed by atoms with Crippen LogP contribution in [0.4, 0.5) is 14.9 Å². The molecule has 0 aliphatic carbocycles. The lowest BCUT2D eigenvalue weighted by Crippen LogP contribution is -2.50. The van der Waals surface area contributed by atoms with Crippen molar-refractivity contribution in [2.75, 3.05) is 25.0 Å². The number of fused-ring (bicyclic) bond motifs is 1. The Balaban J connectivity index is 1.36. The number of amides is 4. The summed E-state index contributed by atoms with van der Waals surface area (Å²) in [4.78, 5) is 55.8. The summed E-state index contributed by atoms with van der Waals surface area (Å²) in [6.45, 7) is 5.72. The van der Waals surface area contributed by atoms with Gasteiger partial charge in [-0.05, 0) is 69.5 Å². The Hall–Kier alpha value is -4.41. The fraction of sp³-hybridized carbons (Fsp3) is 0.400. The van der Waals surface area contributed by atoms with Crippen LogP contribution in [0.3, 0.4) is 0 Å². The summed E-state index contributed by atoms with van der Waals surface area (Å²) in [5.41, 5.74) is 1.55. The van der Waals surface area contributed by atoms with Crippen molar-refractivity contribution in [2.24, 2.45) is 5.92 Å². The van der Waals surface area contributed by atoms with E-state index in [-0.39, 0.29) is 30.7 Å². The summed E-state index contributed by atoms with van der Waals surface area (Å²) in [6, 6.07) is 12.2. The van der Waals surface area contributed by atoms with E-state index in [1.54, 1.807) is 25.7 Å². The number of hydrogen-bond acceptors (Lipinski definition) is 5. The van der Waals surface area contributed by atoms with Gasteiger partial charge >= 0.3 is 6.09 Å². The number of likely N-dealkylation sites (tertiary alicyclic amines) is 1. The Morgan fingerprint density at radius 1 is 1.05 bits per heavy atom. The fourth-order valence-electron chi connectivity index (χ4n) is 4.75. The van der Waals surface area contributed by atoms with Crippen LogP contribution in [0.1, 0.15) is 39.2 Å². The molecule has 2 aromatic carbocycles. The first kappa shape index (κ1) is 29.6. The van der Waals surface area contributed by atoms with Crippen LogP contribution in [0.2, 0.25) is 0 Å². The molecule has 41 heavy (non-hydrogen) atoms. The molecule has 2 heterocycles. The van der Waals surface area contributed by atoms with Gasteiger partial charge < -0.3 is 30.6 Å². The van der Waals surface area contributed by atoms with Gasteiger partial charge in [-0.3, -0.25) is 14.4 Å². The zero-order chi connectivity index (χ0) is 29.6. The monoisotopic (exact) mass is 565 g/mol. The molecule has 1 aromatic heterocycles. The van der Waals surface area contributed by atoms with E-state index in [1.165, 1.54) is 24.3 Å². The summed E-state index contributed by atoms with van der Waals surface area (Å²) in [6.07, 6.45) is 2.24. The van der Waals surface area contributed by atoms with Gasteiger partial charge in [0.25, 0.3) is 0 Å². The number of para-hydroxylation sites is 1.